The second kappa shape index (κ2) is 6.15. The molecule has 92 valence electrons. The van der Waals surface area contributed by atoms with Crippen molar-refractivity contribution in [3.8, 4) is 0 Å². The number of rotatable bonds is 7. The maximum atomic E-state index is 11.6. The van der Waals surface area contributed by atoms with Crippen molar-refractivity contribution in [3.05, 3.63) is 0 Å². The van der Waals surface area contributed by atoms with E-state index in [0.717, 1.165) is 25.9 Å². The second-order valence-electron chi connectivity index (χ2n) is 4.47. The number of nitrogens with zero attached hydrogens (tertiary/aromatic N) is 1. The Kier molecular flexibility index (Phi) is 5.15. The van der Waals surface area contributed by atoms with E-state index in [1.165, 1.54) is 0 Å². The van der Waals surface area contributed by atoms with Crippen LogP contribution < -0.4 is 11.1 Å². The lowest BCUT2D eigenvalue weighted by atomic mass is 10.1. The van der Waals surface area contributed by atoms with Crippen LogP contribution in [0.3, 0.4) is 0 Å². The average molecular weight is 243 g/mol. The van der Waals surface area contributed by atoms with Gasteiger partial charge in [0.2, 0.25) is 5.91 Å². The van der Waals surface area contributed by atoms with Gasteiger partial charge >= 0.3 is 0 Å². The molecule has 0 aromatic carbocycles. The molecule has 16 heavy (non-hydrogen) atoms. The van der Waals surface area contributed by atoms with Gasteiger partial charge < -0.3 is 11.1 Å². The number of hydrogen-bond acceptors (Lipinski definition) is 3. The molecule has 1 atom stereocenters. The summed E-state index contributed by atoms with van der Waals surface area (Å²) in [5.41, 5.74) is 5.56. The molecule has 0 bridgehead atoms. The molecule has 5 heteroatoms. The lowest BCUT2D eigenvalue weighted by molar-refractivity contribution is -0.122. The Hall–Kier alpha value is -0.680. The monoisotopic (exact) mass is 243 g/mol. The molecular formula is C11H21N3OS. The Morgan fingerprint density at radius 2 is 2.25 bits per heavy atom. The van der Waals surface area contributed by atoms with Crippen molar-refractivity contribution in [3.63, 3.8) is 0 Å². The van der Waals surface area contributed by atoms with Crippen molar-refractivity contribution >= 4 is 23.1 Å². The maximum absolute atomic E-state index is 11.6. The zero-order chi connectivity index (χ0) is 12.1. The average Bonchev–Trinajstić information content (AvgIpc) is 3.00. The van der Waals surface area contributed by atoms with Gasteiger partial charge in [-0.2, -0.15) is 0 Å². The molecule has 4 nitrogen and oxygen atoms in total. The third-order valence-electron chi connectivity index (χ3n) is 2.77. The molecule has 0 aliphatic heterocycles. The van der Waals surface area contributed by atoms with Gasteiger partial charge in [0.1, 0.15) is 0 Å². The Labute approximate surface area is 103 Å². The van der Waals surface area contributed by atoms with Gasteiger partial charge in [-0.1, -0.05) is 26.1 Å². The van der Waals surface area contributed by atoms with Crippen LogP contribution in [0.4, 0.5) is 0 Å². The van der Waals surface area contributed by atoms with Gasteiger partial charge in [0.15, 0.2) is 0 Å². The van der Waals surface area contributed by atoms with Gasteiger partial charge in [0.25, 0.3) is 0 Å². The van der Waals surface area contributed by atoms with Crippen molar-refractivity contribution < 1.29 is 4.79 Å². The summed E-state index contributed by atoms with van der Waals surface area (Å²) < 4.78 is 0. The fraction of sp³-hybridized carbons (Fsp3) is 0.818. The van der Waals surface area contributed by atoms with Crippen molar-refractivity contribution in [2.24, 2.45) is 11.7 Å². The van der Waals surface area contributed by atoms with Gasteiger partial charge in [-0.25, -0.2) is 0 Å². The molecule has 0 aromatic rings. The normalized spacial score (nSPS) is 17.2. The standard InChI is InChI=1S/C11H21N3OS/c1-3-14(6-8(2)11(12)16)7-10(15)13-9-4-5-9/h8-9H,3-7H2,1-2H3,(H2,12,16)(H,13,15). The van der Waals surface area contributed by atoms with Gasteiger partial charge in [-0.3, -0.25) is 9.69 Å². The van der Waals surface area contributed by atoms with E-state index in [4.69, 9.17) is 18.0 Å². The Balaban J connectivity index is 2.29. The van der Waals surface area contributed by atoms with Gasteiger partial charge in [0.05, 0.1) is 11.5 Å². The molecule has 1 amide bonds. The van der Waals surface area contributed by atoms with E-state index in [2.05, 4.69) is 10.2 Å². The Bertz CT molecular complexity index is 266. The van der Waals surface area contributed by atoms with Crippen molar-refractivity contribution in [1.29, 1.82) is 0 Å². The summed E-state index contributed by atoms with van der Waals surface area (Å²) in [5.74, 6) is 0.267. The molecule has 1 unspecified atom stereocenters. The molecule has 3 N–H and O–H groups in total. The second-order valence-corrected chi connectivity index (χ2v) is 4.94. The first-order valence-electron chi connectivity index (χ1n) is 5.84. The molecule has 1 rings (SSSR count). The first-order valence-corrected chi connectivity index (χ1v) is 6.24. The van der Waals surface area contributed by atoms with E-state index in [1.807, 2.05) is 13.8 Å². The number of amides is 1. The first kappa shape index (κ1) is 13.4. The van der Waals surface area contributed by atoms with Crippen LogP contribution in [0.5, 0.6) is 0 Å². The molecular weight excluding hydrogens is 222 g/mol. The highest BCUT2D eigenvalue weighted by Crippen LogP contribution is 2.18. The summed E-state index contributed by atoms with van der Waals surface area (Å²) in [6, 6.07) is 0.430. The molecule has 0 spiro atoms. The number of carbonyl (C=O) groups excluding carboxylic acids is 1. The van der Waals surface area contributed by atoms with Gasteiger partial charge in [-0.15, -0.1) is 0 Å². The highest BCUT2D eigenvalue weighted by molar-refractivity contribution is 7.80. The molecule has 0 aromatic heterocycles. The molecule has 1 saturated carbocycles. The molecule has 0 radical (unpaired) electrons. The number of likely N-dealkylation sites (N-methyl/N-ethyl adjacent to an activating group) is 1. The highest BCUT2D eigenvalue weighted by atomic mass is 32.1. The van der Waals surface area contributed by atoms with E-state index >= 15 is 0 Å². The molecule has 1 fully saturated rings. The molecule has 0 saturated heterocycles. The molecule has 0 heterocycles. The topological polar surface area (TPSA) is 58.4 Å². The highest BCUT2D eigenvalue weighted by Gasteiger charge is 2.24. The number of nitrogens with one attached hydrogen (secondary N) is 1. The quantitative estimate of drug-likeness (QED) is 0.640. The van der Waals surface area contributed by atoms with Crippen LogP contribution in [-0.4, -0.2) is 41.5 Å². The lowest BCUT2D eigenvalue weighted by Crippen LogP contribution is -2.41. The summed E-state index contributed by atoms with van der Waals surface area (Å²) >= 11 is 4.93. The van der Waals surface area contributed by atoms with Gasteiger partial charge in [-0.05, 0) is 19.4 Å². The van der Waals surface area contributed by atoms with Crippen molar-refractivity contribution in [2.45, 2.75) is 32.7 Å². The van der Waals surface area contributed by atoms with Crippen LogP contribution in [0.15, 0.2) is 0 Å². The van der Waals surface area contributed by atoms with Crippen LogP contribution in [0.2, 0.25) is 0 Å². The predicted molar refractivity (Wildman–Crippen MR) is 69.2 cm³/mol. The van der Waals surface area contributed by atoms with Crippen molar-refractivity contribution in [2.75, 3.05) is 19.6 Å². The summed E-state index contributed by atoms with van der Waals surface area (Å²) in [4.78, 5) is 14.2. The number of carbonyl (C=O) groups is 1. The van der Waals surface area contributed by atoms with Crippen LogP contribution in [0.1, 0.15) is 26.7 Å². The SMILES string of the molecule is CCN(CC(=O)NC1CC1)CC(C)C(N)=S. The summed E-state index contributed by atoms with van der Waals surface area (Å²) in [6.45, 7) is 6.06. The fourth-order valence-corrected chi connectivity index (χ4v) is 1.56. The van der Waals surface area contributed by atoms with Crippen molar-refractivity contribution in [1.82, 2.24) is 10.2 Å². The molecule has 1 aliphatic carbocycles. The van der Waals surface area contributed by atoms with Crippen LogP contribution >= 0.6 is 12.2 Å². The maximum Gasteiger partial charge on any atom is 0.234 e. The van der Waals surface area contributed by atoms with E-state index in [0.29, 0.717) is 17.6 Å². The van der Waals surface area contributed by atoms with Crippen LogP contribution in [0.25, 0.3) is 0 Å². The van der Waals surface area contributed by atoms with E-state index in [9.17, 15) is 4.79 Å². The molecule has 1 aliphatic rings. The van der Waals surface area contributed by atoms with E-state index in [-0.39, 0.29) is 11.8 Å². The lowest BCUT2D eigenvalue weighted by Gasteiger charge is -2.23. The van der Waals surface area contributed by atoms with E-state index in [1.54, 1.807) is 0 Å². The number of hydrogen-bond donors (Lipinski definition) is 2. The number of thiocarbonyl (C=S) groups is 1. The fourth-order valence-electron chi connectivity index (χ4n) is 1.49. The number of nitrogens with two attached hydrogens (primary N) is 1. The van der Waals surface area contributed by atoms with Crippen LogP contribution in [0, 0.1) is 5.92 Å². The third-order valence-corrected chi connectivity index (χ3v) is 3.18. The minimum Gasteiger partial charge on any atom is -0.393 e. The zero-order valence-corrected chi connectivity index (χ0v) is 10.8. The summed E-state index contributed by atoms with van der Waals surface area (Å²) in [6.07, 6.45) is 2.25. The third kappa shape index (κ3) is 4.90. The minimum atomic E-state index is 0.111. The smallest absolute Gasteiger partial charge is 0.234 e. The van der Waals surface area contributed by atoms with Crippen LogP contribution in [-0.2, 0) is 4.79 Å². The van der Waals surface area contributed by atoms with E-state index < -0.39 is 0 Å². The zero-order valence-electron chi connectivity index (χ0n) is 10.0. The minimum absolute atomic E-state index is 0.111. The summed E-state index contributed by atoms with van der Waals surface area (Å²) in [5, 5.41) is 2.98. The Morgan fingerprint density at radius 3 is 2.69 bits per heavy atom. The van der Waals surface area contributed by atoms with Gasteiger partial charge in [0, 0.05) is 18.5 Å². The predicted octanol–water partition coefficient (Wildman–Crippen LogP) is 0.509. The Morgan fingerprint density at radius 1 is 1.62 bits per heavy atom. The summed E-state index contributed by atoms with van der Waals surface area (Å²) in [7, 11) is 0. The largest absolute Gasteiger partial charge is 0.393 e. The first-order chi connectivity index (χ1) is 7.52.